The summed E-state index contributed by atoms with van der Waals surface area (Å²) in [5.41, 5.74) is 0.601. The van der Waals surface area contributed by atoms with Crippen LogP contribution in [0.25, 0.3) is 0 Å². The van der Waals surface area contributed by atoms with E-state index in [0.717, 1.165) is 0 Å². The first-order valence-corrected chi connectivity index (χ1v) is 8.85. The van der Waals surface area contributed by atoms with Crippen molar-refractivity contribution in [1.82, 2.24) is 0 Å². The highest BCUT2D eigenvalue weighted by Gasteiger charge is 2.21. The summed E-state index contributed by atoms with van der Waals surface area (Å²) < 4.78 is 15.3. The Hall–Kier alpha value is -3.68. The molecule has 0 aliphatic carbocycles. The molecule has 0 amide bonds. The second-order valence-electron chi connectivity index (χ2n) is 5.88. The van der Waals surface area contributed by atoms with Crippen molar-refractivity contribution in [3.8, 4) is 0 Å². The van der Waals surface area contributed by atoms with E-state index < -0.39 is 36.6 Å². The normalized spacial score (nSPS) is 11.2. The van der Waals surface area contributed by atoms with Crippen molar-refractivity contribution in [3.63, 3.8) is 0 Å². The molecular formula is C21H20O8. The number of hydrogen-bond acceptors (Lipinski definition) is 7. The maximum Gasteiger partial charge on any atom is 0.341 e. The number of aliphatic carboxylic acids is 1. The highest BCUT2D eigenvalue weighted by Crippen LogP contribution is 2.11. The lowest BCUT2D eigenvalue weighted by Gasteiger charge is -2.18. The van der Waals surface area contributed by atoms with Crippen molar-refractivity contribution in [3.05, 3.63) is 71.8 Å². The number of benzene rings is 2. The summed E-state index contributed by atoms with van der Waals surface area (Å²) in [5, 5.41) is 8.65. The van der Waals surface area contributed by atoms with E-state index in [1.807, 2.05) is 0 Å². The minimum Gasteiger partial charge on any atom is -0.481 e. The summed E-state index contributed by atoms with van der Waals surface area (Å²) >= 11 is 0. The Balaban J connectivity index is 1.93. The lowest BCUT2D eigenvalue weighted by molar-refractivity contribution is -0.171. The number of carboxylic acid groups (broad SMARTS) is 1. The van der Waals surface area contributed by atoms with Crippen molar-refractivity contribution in [2.75, 3.05) is 6.61 Å². The third-order valence-electron chi connectivity index (χ3n) is 3.65. The molecule has 1 atom stereocenters. The van der Waals surface area contributed by atoms with Gasteiger partial charge in [0.25, 0.3) is 6.29 Å². The second kappa shape index (κ2) is 11.2. The number of esters is 3. The molecule has 0 bridgehead atoms. The van der Waals surface area contributed by atoms with Crippen molar-refractivity contribution >= 4 is 23.9 Å². The molecule has 0 heterocycles. The van der Waals surface area contributed by atoms with Crippen LogP contribution in [0.3, 0.4) is 0 Å². The first-order valence-electron chi connectivity index (χ1n) is 8.85. The maximum atomic E-state index is 12.2. The van der Waals surface area contributed by atoms with Crippen LogP contribution in [0.15, 0.2) is 60.7 Å². The molecule has 152 valence electrons. The van der Waals surface area contributed by atoms with E-state index in [9.17, 15) is 19.2 Å². The Bertz CT molecular complexity index is 832. The molecule has 0 radical (unpaired) electrons. The van der Waals surface area contributed by atoms with Crippen LogP contribution in [0.5, 0.6) is 0 Å². The summed E-state index contributed by atoms with van der Waals surface area (Å²) in [6.45, 7) is -0.174. The SMILES string of the molecule is O=C(O)CCC(=O)OC(CCOC(=O)c1ccccc1)OC(=O)c1ccccc1. The zero-order valence-corrected chi connectivity index (χ0v) is 15.5. The van der Waals surface area contributed by atoms with Crippen LogP contribution in [0.2, 0.25) is 0 Å². The van der Waals surface area contributed by atoms with Crippen LogP contribution in [-0.4, -0.2) is 41.9 Å². The molecule has 0 aliphatic rings. The fraction of sp³-hybridized carbons (Fsp3) is 0.238. The van der Waals surface area contributed by atoms with Crippen LogP contribution in [0, 0.1) is 0 Å². The number of carbonyl (C=O) groups excluding carboxylic acids is 3. The lowest BCUT2D eigenvalue weighted by Crippen LogP contribution is -2.27. The van der Waals surface area contributed by atoms with Gasteiger partial charge in [-0.3, -0.25) is 9.59 Å². The fourth-order valence-electron chi connectivity index (χ4n) is 2.22. The van der Waals surface area contributed by atoms with Crippen molar-refractivity contribution in [2.45, 2.75) is 25.6 Å². The Morgan fingerprint density at radius 3 is 1.86 bits per heavy atom. The first kappa shape index (κ1) is 21.6. The zero-order valence-electron chi connectivity index (χ0n) is 15.5. The molecule has 1 unspecified atom stereocenters. The number of ether oxygens (including phenoxy) is 3. The molecule has 8 nitrogen and oxygen atoms in total. The molecule has 1 N–H and O–H groups in total. The van der Waals surface area contributed by atoms with Gasteiger partial charge in [0.2, 0.25) is 0 Å². The van der Waals surface area contributed by atoms with Crippen molar-refractivity contribution in [2.24, 2.45) is 0 Å². The molecule has 2 aromatic carbocycles. The van der Waals surface area contributed by atoms with E-state index in [0.29, 0.717) is 5.56 Å². The van der Waals surface area contributed by atoms with Gasteiger partial charge in [0.1, 0.15) is 0 Å². The largest absolute Gasteiger partial charge is 0.481 e. The molecule has 0 fully saturated rings. The molecule has 8 heteroatoms. The summed E-state index contributed by atoms with van der Waals surface area (Å²) in [5.74, 6) is -3.30. The summed E-state index contributed by atoms with van der Waals surface area (Å²) in [7, 11) is 0. The van der Waals surface area contributed by atoms with Crippen LogP contribution in [-0.2, 0) is 23.8 Å². The minimum absolute atomic E-state index is 0.101. The number of carboxylic acids is 1. The first-order chi connectivity index (χ1) is 14.0. The Morgan fingerprint density at radius 1 is 0.759 bits per heavy atom. The Morgan fingerprint density at radius 2 is 1.31 bits per heavy atom. The van der Waals surface area contributed by atoms with Gasteiger partial charge in [0.15, 0.2) is 0 Å². The van der Waals surface area contributed by atoms with E-state index in [2.05, 4.69) is 0 Å². The lowest BCUT2D eigenvalue weighted by atomic mass is 10.2. The van der Waals surface area contributed by atoms with Gasteiger partial charge in [-0.05, 0) is 24.3 Å². The average molecular weight is 400 g/mol. The van der Waals surface area contributed by atoms with E-state index >= 15 is 0 Å². The highest BCUT2D eigenvalue weighted by atomic mass is 16.7. The average Bonchev–Trinajstić information content (AvgIpc) is 2.73. The summed E-state index contributed by atoms with van der Waals surface area (Å²) in [4.78, 5) is 46.6. The van der Waals surface area contributed by atoms with E-state index in [1.165, 1.54) is 12.1 Å². The predicted molar refractivity (Wildman–Crippen MR) is 99.9 cm³/mol. The van der Waals surface area contributed by atoms with Gasteiger partial charge in [-0.15, -0.1) is 0 Å². The summed E-state index contributed by atoms with van der Waals surface area (Å²) in [6.07, 6.45) is -2.22. The standard InChI is InChI=1S/C21H20O8/c22-17(23)11-12-18(24)28-19(29-21(26)16-9-5-2-6-10-16)13-14-27-20(25)15-7-3-1-4-8-15/h1-10,19H,11-14H2,(H,22,23). The molecule has 0 aliphatic heterocycles. The van der Waals surface area contributed by atoms with Crippen LogP contribution >= 0.6 is 0 Å². The third kappa shape index (κ3) is 7.84. The second-order valence-corrected chi connectivity index (χ2v) is 5.88. The maximum absolute atomic E-state index is 12.2. The zero-order chi connectivity index (χ0) is 21.1. The molecule has 2 aromatic rings. The highest BCUT2D eigenvalue weighted by molar-refractivity contribution is 5.90. The third-order valence-corrected chi connectivity index (χ3v) is 3.65. The molecule has 0 spiro atoms. The van der Waals surface area contributed by atoms with Crippen LogP contribution < -0.4 is 0 Å². The smallest absolute Gasteiger partial charge is 0.341 e. The molecule has 2 rings (SSSR count). The number of hydrogen-bond donors (Lipinski definition) is 1. The molecular weight excluding hydrogens is 380 g/mol. The monoisotopic (exact) mass is 400 g/mol. The van der Waals surface area contributed by atoms with E-state index in [-0.39, 0.29) is 25.0 Å². The van der Waals surface area contributed by atoms with Gasteiger partial charge in [-0.1, -0.05) is 36.4 Å². The Labute approximate surface area is 167 Å². The van der Waals surface area contributed by atoms with Gasteiger partial charge in [-0.2, -0.15) is 0 Å². The molecule has 0 aromatic heterocycles. The van der Waals surface area contributed by atoms with Crippen molar-refractivity contribution in [1.29, 1.82) is 0 Å². The number of carbonyl (C=O) groups is 4. The van der Waals surface area contributed by atoms with Crippen LogP contribution in [0.4, 0.5) is 0 Å². The quantitative estimate of drug-likeness (QED) is 0.478. The molecule has 0 saturated heterocycles. The van der Waals surface area contributed by atoms with E-state index in [4.69, 9.17) is 19.3 Å². The molecule has 29 heavy (non-hydrogen) atoms. The predicted octanol–water partition coefficient (Wildman–Crippen LogP) is 2.82. The Kier molecular flexibility index (Phi) is 8.37. The summed E-state index contributed by atoms with van der Waals surface area (Å²) in [6, 6.07) is 16.4. The van der Waals surface area contributed by atoms with Gasteiger partial charge in [0.05, 0.1) is 37.0 Å². The fourth-order valence-corrected chi connectivity index (χ4v) is 2.22. The van der Waals surface area contributed by atoms with Gasteiger partial charge in [0, 0.05) is 0 Å². The van der Waals surface area contributed by atoms with E-state index in [1.54, 1.807) is 48.5 Å². The van der Waals surface area contributed by atoms with Crippen LogP contribution in [0.1, 0.15) is 40.0 Å². The van der Waals surface area contributed by atoms with Gasteiger partial charge in [-0.25, -0.2) is 9.59 Å². The topological polar surface area (TPSA) is 116 Å². The van der Waals surface area contributed by atoms with Gasteiger partial charge >= 0.3 is 23.9 Å². The van der Waals surface area contributed by atoms with Crippen molar-refractivity contribution < 1.29 is 38.5 Å². The van der Waals surface area contributed by atoms with Gasteiger partial charge < -0.3 is 19.3 Å². The molecule has 0 saturated carbocycles. The minimum atomic E-state index is -1.33. The number of rotatable bonds is 10.